The number of carboxylic acid groups (broad SMARTS) is 4. The second kappa shape index (κ2) is 14.5. The van der Waals surface area contributed by atoms with Gasteiger partial charge in [0.2, 0.25) is 0 Å². The molecule has 44 heavy (non-hydrogen) atoms. The van der Waals surface area contributed by atoms with Gasteiger partial charge in [-0.2, -0.15) is 0 Å². The lowest BCUT2D eigenvalue weighted by molar-refractivity contribution is 0.0679. The largest absolute Gasteiger partial charge is 0.477 e. The lowest BCUT2D eigenvalue weighted by Gasteiger charge is -2.28. The second-order valence-corrected chi connectivity index (χ2v) is 9.85. The third-order valence-corrected chi connectivity index (χ3v) is 6.53. The van der Waals surface area contributed by atoms with E-state index in [1.54, 1.807) is 24.3 Å². The molecule has 0 unspecified atom stereocenters. The van der Waals surface area contributed by atoms with Gasteiger partial charge >= 0.3 is 23.9 Å². The molecule has 0 aliphatic heterocycles. The third kappa shape index (κ3) is 8.95. The highest BCUT2D eigenvalue weighted by atomic mass is 16.4. The van der Waals surface area contributed by atoms with Gasteiger partial charge in [0.1, 0.15) is 22.8 Å². The van der Waals surface area contributed by atoms with Gasteiger partial charge in [0.25, 0.3) is 0 Å². The average Bonchev–Trinajstić information content (AvgIpc) is 3.00. The predicted octanol–water partition coefficient (Wildman–Crippen LogP) is 2.76. The van der Waals surface area contributed by atoms with Crippen LogP contribution in [0.1, 0.15) is 64.2 Å². The van der Waals surface area contributed by atoms with Crippen LogP contribution in [0.25, 0.3) is 0 Å². The van der Waals surface area contributed by atoms with E-state index in [4.69, 9.17) is 0 Å². The van der Waals surface area contributed by atoms with Crippen molar-refractivity contribution in [1.82, 2.24) is 29.7 Å². The topological polar surface area (TPSA) is 207 Å². The molecule has 0 bridgehead atoms. The molecule has 14 heteroatoms. The van der Waals surface area contributed by atoms with Crippen molar-refractivity contribution < 1.29 is 39.6 Å². The number of nitrogens with zero attached hydrogens (tertiary/aromatic N) is 6. The molecular formula is C30H28N6O8. The van der Waals surface area contributed by atoms with Gasteiger partial charge in [-0.25, -0.2) is 39.1 Å². The fourth-order valence-electron chi connectivity index (χ4n) is 4.32. The summed E-state index contributed by atoms with van der Waals surface area (Å²) in [6.07, 6.45) is 5.97. The maximum atomic E-state index is 11.2. The first-order valence-electron chi connectivity index (χ1n) is 13.2. The van der Waals surface area contributed by atoms with Crippen molar-refractivity contribution in [1.29, 1.82) is 0 Å². The highest BCUT2D eigenvalue weighted by molar-refractivity contribution is 5.86. The molecule has 4 aromatic rings. The first kappa shape index (κ1) is 31.3. The Kier molecular flexibility index (Phi) is 10.3. The van der Waals surface area contributed by atoms with Gasteiger partial charge in [-0.1, -0.05) is 24.3 Å². The summed E-state index contributed by atoms with van der Waals surface area (Å²) in [5.41, 5.74) is 2.74. The molecule has 0 aromatic carbocycles. The molecule has 4 N–H and O–H groups in total. The van der Waals surface area contributed by atoms with Crippen LogP contribution < -0.4 is 0 Å². The molecule has 14 nitrogen and oxygen atoms in total. The van der Waals surface area contributed by atoms with Crippen molar-refractivity contribution >= 4 is 23.9 Å². The lowest BCUT2D eigenvalue weighted by Crippen LogP contribution is -2.34. The van der Waals surface area contributed by atoms with Crippen molar-refractivity contribution in [3.8, 4) is 0 Å². The van der Waals surface area contributed by atoms with Crippen LogP contribution in [0.5, 0.6) is 0 Å². The van der Waals surface area contributed by atoms with E-state index >= 15 is 0 Å². The summed E-state index contributed by atoms with van der Waals surface area (Å²) in [7, 11) is 0. The number of aromatic nitrogens is 4. The minimum atomic E-state index is -1.13. The van der Waals surface area contributed by atoms with Crippen LogP contribution in [0.2, 0.25) is 0 Å². The van der Waals surface area contributed by atoms with E-state index in [-0.39, 0.29) is 22.8 Å². The Morgan fingerprint density at radius 1 is 0.432 bits per heavy atom. The van der Waals surface area contributed by atoms with Crippen LogP contribution in [0.4, 0.5) is 0 Å². The Bertz CT molecular complexity index is 1370. The summed E-state index contributed by atoms with van der Waals surface area (Å²) < 4.78 is 0. The van der Waals surface area contributed by atoms with Crippen LogP contribution >= 0.6 is 0 Å². The fourth-order valence-corrected chi connectivity index (χ4v) is 4.32. The van der Waals surface area contributed by atoms with Crippen molar-refractivity contribution in [2.75, 3.05) is 13.1 Å². The predicted molar refractivity (Wildman–Crippen MR) is 153 cm³/mol. The van der Waals surface area contributed by atoms with E-state index in [0.29, 0.717) is 39.3 Å². The number of pyridine rings is 4. The van der Waals surface area contributed by atoms with E-state index in [2.05, 4.69) is 29.7 Å². The van der Waals surface area contributed by atoms with E-state index in [0.717, 1.165) is 22.3 Å². The molecule has 4 rings (SSSR count). The summed E-state index contributed by atoms with van der Waals surface area (Å²) in [5, 5.41) is 36.8. The van der Waals surface area contributed by atoms with Crippen LogP contribution in [0.3, 0.4) is 0 Å². The molecule has 4 heterocycles. The minimum absolute atomic E-state index is 0.0787. The van der Waals surface area contributed by atoms with E-state index in [9.17, 15) is 39.6 Å². The monoisotopic (exact) mass is 600 g/mol. The van der Waals surface area contributed by atoms with E-state index < -0.39 is 23.9 Å². The molecule has 0 aliphatic rings. The van der Waals surface area contributed by atoms with Gasteiger partial charge in [-0.15, -0.1) is 0 Å². The van der Waals surface area contributed by atoms with Gasteiger partial charge in [-0.05, 0) is 46.5 Å². The van der Waals surface area contributed by atoms with Crippen LogP contribution in [-0.4, -0.2) is 87.1 Å². The van der Waals surface area contributed by atoms with Gasteiger partial charge < -0.3 is 20.4 Å². The molecule has 0 atom stereocenters. The van der Waals surface area contributed by atoms with Crippen molar-refractivity contribution in [2.45, 2.75) is 26.2 Å². The number of carbonyl (C=O) groups is 4. The molecule has 226 valence electrons. The molecule has 0 amide bonds. The summed E-state index contributed by atoms with van der Waals surface area (Å²) in [5.74, 6) is -4.54. The molecule has 0 fully saturated rings. The SMILES string of the molecule is O=C(O)c1ccc(CN(CCN(Cc2ccc(C(=O)O)nc2)Cc2ccc(C(=O)O)nc2)Cc2ccc(C(=O)O)nc2)cn1. The Labute approximate surface area is 250 Å². The average molecular weight is 601 g/mol. The van der Waals surface area contributed by atoms with Gasteiger partial charge in [0.05, 0.1) is 0 Å². The summed E-state index contributed by atoms with van der Waals surface area (Å²) >= 11 is 0. The standard InChI is InChI=1S/C30H28N6O8/c37-27(38)23-5-1-19(11-31-23)15-35(16-20-2-6-24(28(39)40)32-12-20)9-10-36(17-21-3-7-25(29(41)42)33-13-21)18-22-4-8-26(30(43)44)34-14-22/h1-8,11-14H,9-10,15-18H2,(H,37,38)(H,39,40)(H,41,42)(H,43,44). The van der Waals surface area contributed by atoms with Crippen LogP contribution in [0, 0.1) is 0 Å². The molecule has 0 radical (unpaired) electrons. The second-order valence-electron chi connectivity index (χ2n) is 9.85. The fraction of sp³-hybridized carbons (Fsp3) is 0.200. The maximum absolute atomic E-state index is 11.2. The quantitative estimate of drug-likeness (QED) is 0.155. The minimum Gasteiger partial charge on any atom is -0.477 e. The lowest BCUT2D eigenvalue weighted by atomic mass is 10.2. The summed E-state index contributed by atoms with van der Waals surface area (Å²) in [4.78, 5) is 65.1. The number of carboxylic acids is 4. The first-order chi connectivity index (χ1) is 21.1. The number of rotatable bonds is 15. The normalized spacial score (nSPS) is 11.0. The van der Waals surface area contributed by atoms with Crippen molar-refractivity contribution in [3.63, 3.8) is 0 Å². The summed E-state index contributed by atoms with van der Waals surface area (Å²) in [6, 6.07) is 12.4. The Morgan fingerprint density at radius 2 is 0.659 bits per heavy atom. The molecule has 0 spiro atoms. The summed E-state index contributed by atoms with van der Waals surface area (Å²) in [6.45, 7) is 2.55. The third-order valence-electron chi connectivity index (χ3n) is 6.53. The Morgan fingerprint density at radius 3 is 0.818 bits per heavy atom. The van der Waals surface area contributed by atoms with E-state index in [1.807, 2.05) is 0 Å². The molecule has 0 aliphatic carbocycles. The maximum Gasteiger partial charge on any atom is 0.354 e. The molecular weight excluding hydrogens is 572 g/mol. The number of aromatic carboxylic acids is 4. The Balaban J connectivity index is 1.55. The van der Waals surface area contributed by atoms with Gasteiger partial charge in [0.15, 0.2) is 0 Å². The number of hydrogen-bond donors (Lipinski definition) is 4. The number of hydrogen-bond acceptors (Lipinski definition) is 10. The first-order valence-corrected chi connectivity index (χ1v) is 13.2. The van der Waals surface area contributed by atoms with Crippen molar-refractivity contribution in [3.05, 3.63) is 118 Å². The smallest absolute Gasteiger partial charge is 0.354 e. The molecule has 0 saturated heterocycles. The van der Waals surface area contributed by atoms with Crippen LogP contribution in [0.15, 0.2) is 73.3 Å². The zero-order chi connectivity index (χ0) is 31.6. The van der Waals surface area contributed by atoms with Crippen LogP contribution in [-0.2, 0) is 26.2 Å². The highest BCUT2D eigenvalue weighted by Crippen LogP contribution is 2.14. The molecule has 0 saturated carbocycles. The van der Waals surface area contributed by atoms with Gasteiger partial charge in [0, 0.05) is 64.1 Å². The highest BCUT2D eigenvalue weighted by Gasteiger charge is 2.16. The van der Waals surface area contributed by atoms with E-state index in [1.165, 1.54) is 49.1 Å². The molecule has 4 aromatic heterocycles. The zero-order valence-corrected chi connectivity index (χ0v) is 23.3. The van der Waals surface area contributed by atoms with Crippen molar-refractivity contribution in [2.24, 2.45) is 0 Å². The zero-order valence-electron chi connectivity index (χ0n) is 23.3. The Hall–Kier alpha value is -5.60. The van der Waals surface area contributed by atoms with Gasteiger partial charge in [-0.3, -0.25) is 9.80 Å².